The van der Waals surface area contributed by atoms with E-state index in [1.165, 1.54) is 0 Å². The number of allylic oxidation sites excluding steroid dienone is 1. The number of aromatic nitrogens is 3. The second-order valence-electron chi connectivity index (χ2n) is 13.5. The van der Waals surface area contributed by atoms with Gasteiger partial charge in [0.25, 0.3) is 0 Å². The number of carbonyl (C=O) groups is 4. The number of unbranched alkanes of at least 4 members (excludes halogenated alkanes) is 2. The fraction of sp³-hybridized carbons (Fsp3) is 0.474. The van der Waals surface area contributed by atoms with Crippen LogP contribution in [-0.4, -0.2) is 102 Å². The Morgan fingerprint density at radius 3 is 2.63 bits per heavy atom. The molecule has 13 nitrogen and oxygen atoms in total. The number of hydrogen-bond acceptors (Lipinski definition) is 9. The molecule has 1 unspecified atom stereocenters. The van der Waals surface area contributed by atoms with Gasteiger partial charge in [-0.25, -0.2) is 4.68 Å². The van der Waals surface area contributed by atoms with Gasteiger partial charge in [-0.1, -0.05) is 75.8 Å². The molecule has 1 spiro atoms. The maximum atomic E-state index is 14.9. The number of ether oxygens (including phenoxy) is 2. The molecule has 3 saturated heterocycles. The van der Waals surface area contributed by atoms with E-state index in [0.29, 0.717) is 43.2 Å². The van der Waals surface area contributed by atoms with Crippen molar-refractivity contribution in [2.24, 2.45) is 11.8 Å². The molecule has 3 aliphatic heterocycles. The SMILES string of the molecule is C=CCCC(=O)NC[C@H](OC(=O)[C@@H]1[C@H]2O[C@@]3(CC2Br)[C@H](C(=O)N(CC=C)Cn2nnc4ccccc42)N(CCCCCO)C(=O)[C@@H]13)c1ccccc1. The van der Waals surface area contributed by atoms with E-state index in [-0.39, 0.29) is 61.9 Å². The summed E-state index contributed by atoms with van der Waals surface area (Å²) in [6.45, 7) is 8.07. The van der Waals surface area contributed by atoms with Gasteiger partial charge < -0.3 is 29.7 Å². The van der Waals surface area contributed by atoms with Crippen LogP contribution in [0.4, 0.5) is 0 Å². The normalized spacial score (nSPS) is 25.2. The van der Waals surface area contributed by atoms with Crippen molar-refractivity contribution in [1.82, 2.24) is 30.1 Å². The summed E-state index contributed by atoms with van der Waals surface area (Å²) in [5.41, 5.74) is 0.805. The van der Waals surface area contributed by atoms with Crippen LogP contribution in [0.3, 0.4) is 0 Å². The number of alkyl halides is 1. The summed E-state index contributed by atoms with van der Waals surface area (Å²) in [5.74, 6) is -3.50. The Hall–Kier alpha value is -4.40. The summed E-state index contributed by atoms with van der Waals surface area (Å²) in [7, 11) is 0. The van der Waals surface area contributed by atoms with Crippen molar-refractivity contribution in [3.05, 3.63) is 85.5 Å². The molecule has 3 fully saturated rings. The third kappa shape index (κ3) is 7.28. The second kappa shape index (κ2) is 16.5. The molecule has 6 rings (SSSR count). The molecule has 276 valence electrons. The fourth-order valence-electron chi connectivity index (χ4n) is 7.86. The molecule has 52 heavy (non-hydrogen) atoms. The van der Waals surface area contributed by atoms with E-state index >= 15 is 0 Å². The Kier molecular flexibility index (Phi) is 11.9. The summed E-state index contributed by atoms with van der Waals surface area (Å²) in [5, 5.41) is 20.8. The first-order valence-electron chi connectivity index (χ1n) is 17.8. The number of amides is 3. The second-order valence-corrected chi connectivity index (χ2v) is 14.7. The maximum Gasteiger partial charge on any atom is 0.313 e. The van der Waals surface area contributed by atoms with Gasteiger partial charge >= 0.3 is 5.97 Å². The minimum Gasteiger partial charge on any atom is -0.455 e. The van der Waals surface area contributed by atoms with Crippen LogP contribution in [0.1, 0.15) is 50.2 Å². The highest BCUT2D eigenvalue weighted by Gasteiger charge is 2.77. The molecular formula is C38H45BrN6O7. The first-order valence-corrected chi connectivity index (χ1v) is 18.7. The van der Waals surface area contributed by atoms with Crippen LogP contribution in [0, 0.1) is 11.8 Å². The van der Waals surface area contributed by atoms with Crippen molar-refractivity contribution in [1.29, 1.82) is 0 Å². The van der Waals surface area contributed by atoms with E-state index < -0.39 is 41.7 Å². The summed E-state index contributed by atoms with van der Waals surface area (Å²) in [4.78, 5) is 59.1. The number of benzene rings is 2. The molecular weight excluding hydrogens is 732 g/mol. The molecule has 0 saturated carbocycles. The van der Waals surface area contributed by atoms with E-state index in [1.54, 1.807) is 26.6 Å². The molecule has 0 aliphatic carbocycles. The summed E-state index contributed by atoms with van der Waals surface area (Å²) < 4.78 is 14.5. The molecule has 7 atom stereocenters. The highest BCUT2D eigenvalue weighted by Crippen LogP contribution is 2.60. The lowest BCUT2D eigenvalue weighted by Gasteiger charge is -2.37. The molecule has 14 heteroatoms. The predicted molar refractivity (Wildman–Crippen MR) is 196 cm³/mol. The zero-order valence-electron chi connectivity index (χ0n) is 29.0. The number of rotatable bonds is 18. The Labute approximate surface area is 311 Å². The van der Waals surface area contributed by atoms with E-state index in [4.69, 9.17) is 9.47 Å². The zero-order chi connectivity index (χ0) is 36.8. The predicted octanol–water partition coefficient (Wildman–Crippen LogP) is 3.68. The Balaban J connectivity index is 1.31. The third-order valence-corrected chi connectivity index (χ3v) is 11.1. The zero-order valence-corrected chi connectivity index (χ0v) is 30.6. The van der Waals surface area contributed by atoms with Crippen LogP contribution >= 0.6 is 15.9 Å². The van der Waals surface area contributed by atoms with Gasteiger partial charge in [-0.3, -0.25) is 19.2 Å². The van der Waals surface area contributed by atoms with E-state index in [9.17, 15) is 24.3 Å². The molecule has 3 aromatic rings. The Morgan fingerprint density at radius 2 is 1.88 bits per heavy atom. The largest absolute Gasteiger partial charge is 0.455 e. The van der Waals surface area contributed by atoms with Crippen molar-refractivity contribution in [3.8, 4) is 0 Å². The first kappa shape index (κ1) is 37.4. The maximum absolute atomic E-state index is 14.9. The number of para-hydroxylation sites is 1. The molecule has 2 bridgehead atoms. The van der Waals surface area contributed by atoms with Crippen LogP contribution in [-0.2, 0) is 35.3 Å². The number of aliphatic hydroxyl groups excluding tert-OH is 1. The first-order chi connectivity index (χ1) is 25.2. The summed E-state index contributed by atoms with van der Waals surface area (Å²) in [6.07, 6.45) is 4.58. The number of nitrogens with one attached hydrogen (secondary N) is 1. The van der Waals surface area contributed by atoms with Crippen molar-refractivity contribution in [2.75, 3.05) is 26.2 Å². The van der Waals surface area contributed by atoms with Crippen LogP contribution in [0.25, 0.3) is 11.0 Å². The van der Waals surface area contributed by atoms with Crippen molar-refractivity contribution < 1.29 is 33.8 Å². The fourth-order valence-corrected chi connectivity index (χ4v) is 8.80. The smallest absolute Gasteiger partial charge is 0.313 e. The molecule has 3 aliphatic rings. The van der Waals surface area contributed by atoms with Crippen LogP contribution in [0.15, 0.2) is 79.9 Å². The van der Waals surface area contributed by atoms with Gasteiger partial charge in [0.1, 0.15) is 29.9 Å². The Bertz CT molecular complexity index is 1790. The van der Waals surface area contributed by atoms with Crippen LogP contribution < -0.4 is 5.32 Å². The van der Waals surface area contributed by atoms with Gasteiger partial charge in [-0.15, -0.1) is 18.3 Å². The van der Waals surface area contributed by atoms with Crippen LogP contribution in [0.2, 0.25) is 0 Å². The van der Waals surface area contributed by atoms with Crippen LogP contribution in [0.5, 0.6) is 0 Å². The molecule has 2 aromatic carbocycles. The quantitative estimate of drug-likeness (QED) is 0.0852. The van der Waals surface area contributed by atoms with Gasteiger partial charge in [0.2, 0.25) is 17.7 Å². The van der Waals surface area contributed by atoms with Gasteiger partial charge in [-0.05, 0) is 49.8 Å². The van der Waals surface area contributed by atoms with E-state index in [2.05, 4.69) is 44.7 Å². The molecule has 0 radical (unpaired) electrons. The van der Waals surface area contributed by atoms with Gasteiger partial charge in [0, 0.05) is 30.9 Å². The number of nitrogens with zero attached hydrogens (tertiary/aromatic N) is 5. The minimum absolute atomic E-state index is 0.0170. The molecule has 2 N–H and O–H groups in total. The van der Waals surface area contributed by atoms with Crippen molar-refractivity contribution in [2.45, 2.75) is 73.9 Å². The lowest BCUT2D eigenvalue weighted by atomic mass is 9.70. The van der Waals surface area contributed by atoms with E-state index in [1.807, 2.05) is 54.6 Å². The Morgan fingerprint density at radius 1 is 1.12 bits per heavy atom. The summed E-state index contributed by atoms with van der Waals surface area (Å²) in [6, 6.07) is 15.5. The van der Waals surface area contributed by atoms with Gasteiger partial charge in [0.05, 0.1) is 30.0 Å². The average molecular weight is 778 g/mol. The number of halogens is 1. The highest BCUT2D eigenvalue weighted by atomic mass is 79.9. The lowest BCUT2D eigenvalue weighted by Crippen LogP contribution is -2.57. The molecule has 4 heterocycles. The monoisotopic (exact) mass is 776 g/mol. The van der Waals surface area contributed by atoms with E-state index in [0.717, 1.165) is 5.52 Å². The van der Waals surface area contributed by atoms with Crippen molar-refractivity contribution in [3.63, 3.8) is 0 Å². The topological polar surface area (TPSA) is 156 Å². The third-order valence-electron chi connectivity index (χ3n) is 10.2. The number of aliphatic hydroxyl groups is 1. The van der Waals surface area contributed by atoms with Gasteiger partial charge in [-0.2, -0.15) is 0 Å². The molecule has 3 amide bonds. The molecule has 1 aromatic heterocycles. The number of esters is 1. The minimum atomic E-state index is -1.31. The average Bonchev–Trinajstić information content (AvgIpc) is 3.87. The number of hydrogen-bond donors (Lipinski definition) is 2. The standard InChI is InChI=1S/C38H45BrN6O7/c1-3-5-18-30(47)40-23-29(25-14-8-6-9-15-25)51-37(50)31-32-35(48)44(20-12-7-13-21-46)34(38(32)22-26(39)33(31)52-38)36(49)43(19-4-2)24-45-28-17-11-10-16-27(28)41-42-45/h3-4,6,8-11,14-17,26,29,31-34,46H,1-2,5,7,12-13,18-24H2,(H,40,47)/t26?,29-,31-,32+,33-,34-,38+/m0/s1. The number of likely N-dealkylation sites (tertiary alicyclic amines) is 1. The van der Waals surface area contributed by atoms with Crippen molar-refractivity contribution >= 4 is 50.7 Å². The van der Waals surface area contributed by atoms with Gasteiger partial charge in [0.15, 0.2) is 0 Å². The lowest BCUT2D eigenvalue weighted by molar-refractivity contribution is -0.160. The highest BCUT2D eigenvalue weighted by molar-refractivity contribution is 9.09. The number of carbonyl (C=O) groups excluding carboxylic acids is 4. The number of fused-ring (bicyclic) bond motifs is 2. The summed E-state index contributed by atoms with van der Waals surface area (Å²) >= 11 is 3.73.